The fourth-order valence-electron chi connectivity index (χ4n) is 1.88. The van der Waals surface area contributed by atoms with Crippen LogP contribution in [0.4, 0.5) is 0 Å². The molecular weight excluding hydrogens is 358 g/mol. The Labute approximate surface area is 136 Å². The zero-order chi connectivity index (χ0) is 14.4. The molecule has 1 fully saturated rings. The first-order chi connectivity index (χ1) is 9.57. The number of amides is 1. The van der Waals surface area contributed by atoms with Gasteiger partial charge in [-0.25, -0.2) is 0 Å². The second-order valence-corrected chi connectivity index (χ2v) is 8.05. The normalized spacial score (nSPS) is 21.9. The number of benzene rings is 1. The number of rotatable bonds is 6. The van der Waals surface area contributed by atoms with Crippen molar-refractivity contribution < 1.29 is 9.90 Å². The first kappa shape index (κ1) is 16.2. The van der Waals surface area contributed by atoms with Crippen molar-refractivity contribution in [3.63, 3.8) is 0 Å². The van der Waals surface area contributed by atoms with E-state index in [1.54, 1.807) is 23.5 Å². The van der Waals surface area contributed by atoms with Crippen LogP contribution < -0.4 is 5.32 Å². The Kier molecular flexibility index (Phi) is 6.26. The van der Waals surface area contributed by atoms with Crippen LogP contribution in [0.25, 0.3) is 0 Å². The molecular formula is C14H18BrNO2S2. The number of nitrogens with one attached hydrogen (secondary N) is 1. The standard InChI is InChI=1S/C14H18BrNO2S2/c15-11-1-3-12(4-2-11)20-7-5-13(17)16-9-14(18)6-8-19-10-14/h1-4,18H,5-10H2,(H,16,17)/t14-/m1/s1. The van der Waals surface area contributed by atoms with E-state index >= 15 is 0 Å². The average molecular weight is 376 g/mol. The van der Waals surface area contributed by atoms with Gasteiger partial charge in [-0.2, -0.15) is 11.8 Å². The van der Waals surface area contributed by atoms with Crippen molar-refractivity contribution in [3.8, 4) is 0 Å². The first-order valence-corrected chi connectivity index (χ1v) is 9.46. The zero-order valence-corrected chi connectivity index (χ0v) is 14.3. The van der Waals surface area contributed by atoms with E-state index in [4.69, 9.17) is 0 Å². The second kappa shape index (κ2) is 7.73. The van der Waals surface area contributed by atoms with E-state index in [0.717, 1.165) is 33.0 Å². The van der Waals surface area contributed by atoms with Crippen LogP contribution in [-0.2, 0) is 4.79 Å². The highest BCUT2D eigenvalue weighted by Gasteiger charge is 2.31. The smallest absolute Gasteiger partial charge is 0.220 e. The first-order valence-electron chi connectivity index (χ1n) is 6.53. The molecule has 0 unspecified atom stereocenters. The van der Waals surface area contributed by atoms with Gasteiger partial charge in [0, 0.05) is 33.8 Å². The minimum atomic E-state index is -0.695. The Morgan fingerprint density at radius 2 is 2.20 bits per heavy atom. The summed E-state index contributed by atoms with van der Waals surface area (Å²) < 4.78 is 1.06. The third-order valence-electron chi connectivity index (χ3n) is 3.11. The van der Waals surface area contributed by atoms with Crippen molar-refractivity contribution in [2.45, 2.75) is 23.3 Å². The van der Waals surface area contributed by atoms with Crippen molar-refractivity contribution in [1.82, 2.24) is 5.32 Å². The molecule has 1 aromatic rings. The molecule has 1 heterocycles. The van der Waals surface area contributed by atoms with Gasteiger partial charge in [0.2, 0.25) is 5.91 Å². The molecule has 1 saturated heterocycles. The van der Waals surface area contributed by atoms with Crippen molar-refractivity contribution in [3.05, 3.63) is 28.7 Å². The average Bonchev–Trinajstić information content (AvgIpc) is 2.86. The summed E-state index contributed by atoms with van der Waals surface area (Å²) in [6.45, 7) is 0.377. The van der Waals surface area contributed by atoms with Gasteiger partial charge >= 0.3 is 0 Å². The van der Waals surface area contributed by atoms with Gasteiger partial charge in [-0.15, -0.1) is 11.8 Å². The molecule has 1 aromatic carbocycles. The quantitative estimate of drug-likeness (QED) is 0.750. The summed E-state index contributed by atoms with van der Waals surface area (Å²) in [7, 11) is 0. The van der Waals surface area contributed by atoms with E-state index < -0.39 is 5.60 Å². The molecule has 110 valence electrons. The third kappa shape index (κ3) is 5.31. The largest absolute Gasteiger partial charge is 0.387 e. The molecule has 2 N–H and O–H groups in total. The van der Waals surface area contributed by atoms with Crippen molar-refractivity contribution in [2.75, 3.05) is 23.8 Å². The molecule has 0 aliphatic carbocycles. The lowest BCUT2D eigenvalue weighted by Crippen LogP contribution is -2.43. The number of aliphatic hydroxyl groups is 1. The molecule has 0 saturated carbocycles. The summed E-state index contributed by atoms with van der Waals surface area (Å²) in [5.74, 6) is 2.47. The highest BCUT2D eigenvalue weighted by atomic mass is 79.9. The van der Waals surface area contributed by atoms with Crippen LogP contribution >= 0.6 is 39.5 Å². The topological polar surface area (TPSA) is 49.3 Å². The SMILES string of the molecule is O=C(CCSc1ccc(Br)cc1)NC[C@]1(O)CCSC1. The molecule has 0 radical (unpaired) electrons. The Morgan fingerprint density at radius 3 is 2.85 bits per heavy atom. The maximum atomic E-state index is 11.7. The van der Waals surface area contributed by atoms with Crippen LogP contribution in [0.1, 0.15) is 12.8 Å². The van der Waals surface area contributed by atoms with Crippen molar-refractivity contribution in [2.24, 2.45) is 0 Å². The Balaban J connectivity index is 1.64. The number of carbonyl (C=O) groups is 1. The summed E-state index contributed by atoms with van der Waals surface area (Å²) in [6.07, 6.45) is 1.25. The van der Waals surface area contributed by atoms with Gasteiger partial charge in [0.1, 0.15) is 0 Å². The number of hydrogen-bond acceptors (Lipinski definition) is 4. The number of thioether (sulfide) groups is 2. The maximum absolute atomic E-state index is 11.7. The molecule has 0 spiro atoms. The van der Waals surface area contributed by atoms with Gasteiger partial charge < -0.3 is 10.4 Å². The van der Waals surface area contributed by atoms with E-state index in [1.165, 1.54) is 0 Å². The van der Waals surface area contributed by atoms with E-state index in [0.29, 0.717) is 13.0 Å². The second-order valence-electron chi connectivity index (χ2n) is 4.86. The summed E-state index contributed by atoms with van der Waals surface area (Å²) in [4.78, 5) is 12.9. The Morgan fingerprint density at radius 1 is 1.45 bits per heavy atom. The minimum absolute atomic E-state index is 0.0138. The molecule has 1 aliphatic rings. The molecule has 3 nitrogen and oxygen atoms in total. The molecule has 1 aliphatic heterocycles. The highest BCUT2D eigenvalue weighted by molar-refractivity contribution is 9.10. The number of hydrogen-bond donors (Lipinski definition) is 2. The van der Waals surface area contributed by atoms with Crippen LogP contribution in [0.3, 0.4) is 0 Å². The highest BCUT2D eigenvalue weighted by Crippen LogP contribution is 2.27. The molecule has 1 amide bonds. The predicted octanol–water partition coefficient (Wildman–Crippen LogP) is 2.92. The van der Waals surface area contributed by atoms with Gasteiger partial charge in [-0.1, -0.05) is 15.9 Å². The van der Waals surface area contributed by atoms with Gasteiger partial charge in [-0.3, -0.25) is 4.79 Å². The molecule has 2 rings (SSSR count). The van der Waals surface area contributed by atoms with Gasteiger partial charge in [0.05, 0.1) is 5.60 Å². The predicted molar refractivity (Wildman–Crippen MR) is 89.4 cm³/mol. The van der Waals surface area contributed by atoms with Gasteiger partial charge in [0.25, 0.3) is 0 Å². The van der Waals surface area contributed by atoms with E-state index in [-0.39, 0.29) is 5.91 Å². The monoisotopic (exact) mass is 375 g/mol. The van der Waals surface area contributed by atoms with Crippen LogP contribution in [-0.4, -0.2) is 40.4 Å². The molecule has 6 heteroatoms. The van der Waals surface area contributed by atoms with Crippen LogP contribution in [0.2, 0.25) is 0 Å². The summed E-state index contributed by atoms with van der Waals surface area (Å²) in [6, 6.07) is 8.06. The molecule has 0 aromatic heterocycles. The summed E-state index contributed by atoms with van der Waals surface area (Å²) in [5.41, 5.74) is -0.695. The minimum Gasteiger partial charge on any atom is -0.387 e. The van der Waals surface area contributed by atoms with Crippen molar-refractivity contribution >= 4 is 45.4 Å². The van der Waals surface area contributed by atoms with Gasteiger partial charge in [-0.05, 0) is 36.4 Å². The van der Waals surface area contributed by atoms with E-state index in [2.05, 4.69) is 21.2 Å². The Bertz CT molecular complexity index is 447. The number of carbonyl (C=O) groups excluding carboxylic acids is 1. The van der Waals surface area contributed by atoms with E-state index in [9.17, 15) is 9.90 Å². The molecule has 0 bridgehead atoms. The maximum Gasteiger partial charge on any atom is 0.220 e. The number of halogens is 1. The fraction of sp³-hybridized carbons (Fsp3) is 0.500. The molecule has 1 atom stereocenters. The summed E-state index contributed by atoms with van der Waals surface area (Å²) in [5, 5.41) is 13.0. The van der Waals surface area contributed by atoms with Crippen LogP contribution in [0.15, 0.2) is 33.6 Å². The van der Waals surface area contributed by atoms with Crippen LogP contribution in [0.5, 0.6) is 0 Å². The third-order valence-corrected chi connectivity index (χ3v) is 5.89. The van der Waals surface area contributed by atoms with Crippen LogP contribution in [0, 0.1) is 0 Å². The van der Waals surface area contributed by atoms with Crippen molar-refractivity contribution in [1.29, 1.82) is 0 Å². The zero-order valence-electron chi connectivity index (χ0n) is 11.1. The summed E-state index contributed by atoms with van der Waals surface area (Å²) >= 11 is 6.80. The lowest BCUT2D eigenvalue weighted by Gasteiger charge is -2.21. The van der Waals surface area contributed by atoms with Gasteiger partial charge in [0.15, 0.2) is 0 Å². The molecule has 20 heavy (non-hydrogen) atoms. The lowest BCUT2D eigenvalue weighted by atomic mass is 10.0. The van der Waals surface area contributed by atoms with E-state index in [1.807, 2.05) is 24.3 Å². The lowest BCUT2D eigenvalue weighted by molar-refractivity contribution is -0.121. The Hall–Kier alpha value is -0.170. The fourth-order valence-corrected chi connectivity index (χ4v) is 4.29.